The van der Waals surface area contributed by atoms with Crippen molar-refractivity contribution in [2.75, 3.05) is 32.0 Å². The molecule has 0 radical (unpaired) electrons. The second kappa shape index (κ2) is 7.06. The number of anilines is 1. The first-order valence-corrected chi connectivity index (χ1v) is 5.83. The van der Waals surface area contributed by atoms with E-state index in [0.717, 1.165) is 25.4 Å². The maximum Gasteiger partial charge on any atom is 0.137 e. The summed E-state index contributed by atoms with van der Waals surface area (Å²) < 4.78 is 5.58. The molecular formula is C12H21N3O. The van der Waals surface area contributed by atoms with Crippen LogP contribution < -0.4 is 10.5 Å². The van der Waals surface area contributed by atoms with Gasteiger partial charge in [-0.15, -0.1) is 0 Å². The maximum atomic E-state index is 5.58. The minimum absolute atomic E-state index is 0.522. The first-order chi connectivity index (χ1) is 7.76. The van der Waals surface area contributed by atoms with E-state index in [1.54, 1.807) is 12.3 Å². The van der Waals surface area contributed by atoms with Gasteiger partial charge in [-0.25, -0.2) is 4.98 Å². The fraction of sp³-hybridized carbons (Fsp3) is 0.583. The number of hydrogen-bond acceptors (Lipinski definition) is 4. The Labute approximate surface area is 97.4 Å². The molecule has 1 aromatic rings. The van der Waals surface area contributed by atoms with Crippen LogP contribution in [0, 0.1) is 0 Å². The lowest BCUT2D eigenvalue weighted by molar-refractivity contribution is 0.215. The van der Waals surface area contributed by atoms with E-state index in [0.29, 0.717) is 12.4 Å². The molecule has 0 fully saturated rings. The predicted octanol–water partition coefficient (Wildman–Crippen LogP) is 1.77. The SMILES string of the molecule is CCCN(CC)CCOc1ccc(N)nc1. The molecule has 0 amide bonds. The molecule has 2 N–H and O–H groups in total. The summed E-state index contributed by atoms with van der Waals surface area (Å²) in [5.41, 5.74) is 5.49. The summed E-state index contributed by atoms with van der Waals surface area (Å²) in [6, 6.07) is 3.59. The number of hydrogen-bond donors (Lipinski definition) is 1. The summed E-state index contributed by atoms with van der Waals surface area (Å²) in [5, 5.41) is 0. The number of aromatic nitrogens is 1. The summed E-state index contributed by atoms with van der Waals surface area (Å²) in [6.45, 7) is 8.19. The number of nitrogen functional groups attached to an aromatic ring is 1. The second-order valence-electron chi connectivity index (χ2n) is 3.70. The third kappa shape index (κ3) is 4.49. The molecule has 0 aliphatic heterocycles. The zero-order valence-corrected chi connectivity index (χ0v) is 10.1. The van der Waals surface area contributed by atoms with Gasteiger partial charge in [0.15, 0.2) is 0 Å². The molecule has 0 unspecified atom stereocenters. The van der Waals surface area contributed by atoms with Crippen molar-refractivity contribution in [2.45, 2.75) is 20.3 Å². The van der Waals surface area contributed by atoms with E-state index in [1.165, 1.54) is 6.42 Å². The van der Waals surface area contributed by atoms with Crippen molar-refractivity contribution in [3.8, 4) is 5.75 Å². The smallest absolute Gasteiger partial charge is 0.137 e. The van der Waals surface area contributed by atoms with Crippen molar-refractivity contribution in [3.63, 3.8) is 0 Å². The highest BCUT2D eigenvalue weighted by atomic mass is 16.5. The first-order valence-electron chi connectivity index (χ1n) is 5.83. The molecule has 0 saturated carbocycles. The largest absolute Gasteiger partial charge is 0.491 e. The number of pyridine rings is 1. The average Bonchev–Trinajstić information content (AvgIpc) is 2.30. The van der Waals surface area contributed by atoms with Gasteiger partial charge in [-0.05, 0) is 31.6 Å². The number of nitrogens with zero attached hydrogens (tertiary/aromatic N) is 2. The zero-order valence-electron chi connectivity index (χ0n) is 10.1. The Balaban J connectivity index is 2.26. The Morgan fingerprint density at radius 2 is 2.12 bits per heavy atom. The fourth-order valence-electron chi connectivity index (χ4n) is 1.51. The molecule has 0 bridgehead atoms. The minimum Gasteiger partial charge on any atom is -0.491 e. The van der Waals surface area contributed by atoms with Crippen molar-refractivity contribution in [3.05, 3.63) is 18.3 Å². The van der Waals surface area contributed by atoms with E-state index >= 15 is 0 Å². The topological polar surface area (TPSA) is 51.4 Å². The van der Waals surface area contributed by atoms with Gasteiger partial charge in [-0.2, -0.15) is 0 Å². The number of nitrogens with two attached hydrogens (primary N) is 1. The van der Waals surface area contributed by atoms with Crippen LogP contribution >= 0.6 is 0 Å². The molecule has 1 aromatic heterocycles. The van der Waals surface area contributed by atoms with Gasteiger partial charge in [0.1, 0.15) is 18.2 Å². The van der Waals surface area contributed by atoms with E-state index in [-0.39, 0.29) is 0 Å². The van der Waals surface area contributed by atoms with Crippen molar-refractivity contribution in [1.29, 1.82) is 0 Å². The Bertz CT molecular complexity index is 287. The molecule has 0 saturated heterocycles. The van der Waals surface area contributed by atoms with Crippen LogP contribution in [0.25, 0.3) is 0 Å². The summed E-state index contributed by atoms with van der Waals surface area (Å²) in [6.07, 6.45) is 2.84. The summed E-state index contributed by atoms with van der Waals surface area (Å²) in [4.78, 5) is 6.34. The number of likely N-dealkylation sites (N-methyl/N-ethyl adjacent to an activating group) is 1. The quantitative estimate of drug-likeness (QED) is 0.765. The Hall–Kier alpha value is -1.29. The van der Waals surface area contributed by atoms with Crippen molar-refractivity contribution >= 4 is 5.82 Å². The highest BCUT2D eigenvalue weighted by Crippen LogP contribution is 2.09. The van der Waals surface area contributed by atoms with Crippen molar-refractivity contribution in [1.82, 2.24) is 9.88 Å². The van der Waals surface area contributed by atoms with Gasteiger partial charge in [0.25, 0.3) is 0 Å². The summed E-state index contributed by atoms with van der Waals surface area (Å²) >= 11 is 0. The number of rotatable bonds is 7. The summed E-state index contributed by atoms with van der Waals surface area (Å²) in [7, 11) is 0. The third-order valence-corrected chi connectivity index (χ3v) is 2.42. The van der Waals surface area contributed by atoms with Gasteiger partial charge in [0.2, 0.25) is 0 Å². The molecule has 1 rings (SSSR count). The van der Waals surface area contributed by atoms with Gasteiger partial charge in [0.05, 0.1) is 6.20 Å². The molecule has 16 heavy (non-hydrogen) atoms. The zero-order chi connectivity index (χ0) is 11.8. The van der Waals surface area contributed by atoms with Crippen LogP contribution in [0.15, 0.2) is 18.3 Å². The van der Waals surface area contributed by atoms with Crippen LogP contribution in [0.2, 0.25) is 0 Å². The van der Waals surface area contributed by atoms with Gasteiger partial charge in [0, 0.05) is 6.54 Å². The van der Waals surface area contributed by atoms with Crippen molar-refractivity contribution < 1.29 is 4.74 Å². The standard InChI is InChI=1S/C12H21N3O/c1-3-7-15(4-2)8-9-16-11-5-6-12(13)14-10-11/h5-6,10H,3-4,7-9H2,1-2H3,(H2,13,14). The second-order valence-corrected chi connectivity index (χ2v) is 3.70. The molecular weight excluding hydrogens is 202 g/mol. The molecule has 0 aromatic carbocycles. The lowest BCUT2D eigenvalue weighted by atomic mass is 10.4. The van der Waals surface area contributed by atoms with Crippen molar-refractivity contribution in [2.24, 2.45) is 0 Å². The highest BCUT2D eigenvalue weighted by Gasteiger charge is 2.01. The monoisotopic (exact) mass is 223 g/mol. The molecule has 1 heterocycles. The summed E-state index contributed by atoms with van der Waals surface area (Å²) in [5.74, 6) is 1.30. The van der Waals surface area contributed by atoms with Crippen LogP contribution in [0.1, 0.15) is 20.3 Å². The van der Waals surface area contributed by atoms with Crippen LogP contribution in [-0.2, 0) is 0 Å². The van der Waals surface area contributed by atoms with Crippen LogP contribution in [0.3, 0.4) is 0 Å². The highest BCUT2D eigenvalue weighted by molar-refractivity contribution is 5.31. The molecule has 0 spiro atoms. The van der Waals surface area contributed by atoms with E-state index in [4.69, 9.17) is 10.5 Å². The molecule has 0 atom stereocenters. The molecule has 4 heteroatoms. The van der Waals surface area contributed by atoms with E-state index < -0.39 is 0 Å². The fourth-order valence-corrected chi connectivity index (χ4v) is 1.51. The van der Waals surface area contributed by atoms with E-state index in [1.807, 2.05) is 6.07 Å². The minimum atomic E-state index is 0.522. The van der Waals surface area contributed by atoms with Gasteiger partial charge in [-0.1, -0.05) is 13.8 Å². The van der Waals surface area contributed by atoms with Crippen LogP contribution in [-0.4, -0.2) is 36.1 Å². The first kappa shape index (κ1) is 12.8. The number of ether oxygens (including phenoxy) is 1. The predicted molar refractivity (Wildman–Crippen MR) is 66.5 cm³/mol. The molecule has 0 aliphatic carbocycles. The van der Waals surface area contributed by atoms with Crippen LogP contribution in [0.5, 0.6) is 5.75 Å². The van der Waals surface area contributed by atoms with E-state index in [2.05, 4.69) is 23.7 Å². The maximum absolute atomic E-state index is 5.58. The van der Waals surface area contributed by atoms with E-state index in [9.17, 15) is 0 Å². The lowest BCUT2D eigenvalue weighted by Gasteiger charge is -2.19. The average molecular weight is 223 g/mol. The van der Waals surface area contributed by atoms with Gasteiger partial charge in [-0.3, -0.25) is 0 Å². The Kier molecular flexibility index (Phi) is 5.64. The van der Waals surface area contributed by atoms with Crippen LogP contribution in [0.4, 0.5) is 5.82 Å². The molecule has 90 valence electrons. The lowest BCUT2D eigenvalue weighted by Crippen LogP contribution is -2.29. The van der Waals surface area contributed by atoms with Gasteiger partial charge < -0.3 is 15.4 Å². The Morgan fingerprint density at radius 1 is 1.31 bits per heavy atom. The normalized spacial score (nSPS) is 10.7. The Morgan fingerprint density at radius 3 is 2.69 bits per heavy atom. The molecule has 0 aliphatic rings. The third-order valence-electron chi connectivity index (χ3n) is 2.42. The van der Waals surface area contributed by atoms with Gasteiger partial charge >= 0.3 is 0 Å². The molecule has 4 nitrogen and oxygen atoms in total.